The van der Waals surface area contributed by atoms with E-state index in [4.69, 9.17) is 24.7 Å². The molecule has 0 saturated heterocycles. The van der Waals surface area contributed by atoms with Crippen LogP contribution in [0.5, 0.6) is 0 Å². The first-order valence-corrected chi connectivity index (χ1v) is 7.88. The van der Waals surface area contributed by atoms with Gasteiger partial charge >= 0.3 is 8.80 Å². The standard InChI is InChI=1S/C6H16N2.C4H12O3Si/c7-5-3-1-2-4-6-8;1-5-8(4,6-2)7-3/h1-8H2;1-4H3. The maximum Gasteiger partial charge on any atom is 0.496 e. The van der Waals surface area contributed by atoms with Crippen LogP contribution in [0.4, 0.5) is 0 Å². The van der Waals surface area contributed by atoms with Gasteiger partial charge in [0.15, 0.2) is 0 Å². The Morgan fingerprint density at radius 2 is 1.06 bits per heavy atom. The first kappa shape index (κ1) is 18.4. The summed E-state index contributed by atoms with van der Waals surface area (Å²) in [5.41, 5.74) is 10.6. The third kappa shape index (κ3) is 12.1. The minimum Gasteiger partial charge on any atom is -0.377 e. The zero-order chi connectivity index (χ0) is 12.9. The molecule has 100 valence electrons. The molecule has 4 N–H and O–H groups in total. The maximum absolute atomic E-state index is 5.28. The zero-order valence-corrected chi connectivity index (χ0v) is 12.1. The van der Waals surface area contributed by atoms with Crippen LogP contribution in [0.1, 0.15) is 25.7 Å². The molecule has 0 aromatic heterocycles. The number of unbranched alkanes of at least 4 members (excludes halogenated alkanes) is 3. The van der Waals surface area contributed by atoms with E-state index in [1.807, 2.05) is 6.55 Å². The summed E-state index contributed by atoms with van der Waals surface area (Å²) in [6.45, 7) is 3.47. The Labute approximate surface area is 101 Å². The van der Waals surface area contributed by atoms with E-state index >= 15 is 0 Å². The van der Waals surface area contributed by atoms with Crippen molar-refractivity contribution in [3.8, 4) is 0 Å². The quantitative estimate of drug-likeness (QED) is 0.497. The smallest absolute Gasteiger partial charge is 0.377 e. The summed E-state index contributed by atoms with van der Waals surface area (Å²) in [5.74, 6) is 0. The monoisotopic (exact) mass is 252 g/mol. The van der Waals surface area contributed by atoms with Crippen molar-refractivity contribution in [2.45, 2.75) is 32.2 Å². The highest BCUT2D eigenvalue weighted by Gasteiger charge is 2.29. The fraction of sp³-hybridized carbons (Fsp3) is 1.00. The van der Waals surface area contributed by atoms with Crippen molar-refractivity contribution in [1.82, 2.24) is 0 Å². The molecule has 0 spiro atoms. The highest BCUT2D eigenvalue weighted by atomic mass is 28.4. The van der Waals surface area contributed by atoms with Gasteiger partial charge in [-0.05, 0) is 25.9 Å². The average molecular weight is 252 g/mol. The lowest BCUT2D eigenvalue weighted by molar-refractivity contribution is 0.132. The largest absolute Gasteiger partial charge is 0.496 e. The van der Waals surface area contributed by atoms with Gasteiger partial charge in [0.05, 0.1) is 0 Å². The molecule has 0 aliphatic rings. The van der Waals surface area contributed by atoms with Crippen molar-refractivity contribution in [2.24, 2.45) is 11.5 Å². The minimum absolute atomic E-state index is 0.824. The topological polar surface area (TPSA) is 79.7 Å². The molecule has 0 rings (SSSR count). The number of nitrogens with two attached hydrogens (primary N) is 2. The van der Waals surface area contributed by atoms with Crippen molar-refractivity contribution in [3.05, 3.63) is 0 Å². The van der Waals surface area contributed by atoms with Crippen LogP contribution >= 0.6 is 0 Å². The van der Waals surface area contributed by atoms with Crippen molar-refractivity contribution in [3.63, 3.8) is 0 Å². The van der Waals surface area contributed by atoms with Crippen LogP contribution in [0.25, 0.3) is 0 Å². The molecule has 0 aromatic rings. The molecule has 0 radical (unpaired) electrons. The van der Waals surface area contributed by atoms with E-state index in [2.05, 4.69) is 0 Å². The maximum atomic E-state index is 5.28. The van der Waals surface area contributed by atoms with Gasteiger partial charge in [0.1, 0.15) is 0 Å². The van der Waals surface area contributed by atoms with Gasteiger partial charge in [0, 0.05) is 27.9 Å². The number of hydrogen-bond acceptors (Lipinski definition) is 5. The van der Waals surface area contributed by atoms with Gasteiger partial charge in [-0.3, -0.25) is 0 Å². The van der Waals surface area contributed by atoms with Crippen molar-refractivity contribution >= 4 is 8.80 Å². The Kier molecular flexibility index (Phi) is 15.0. The van der Waals surface area contributed by atoms with E-state index in [0.29, 0.717) is 0 Å². The summed E-state index contributed by atoms with van der Waals surface area (Å²) in [5, 5.41) is 0. The molecule has 0 heterocycles. The minimum atomic E-state index is -2.17. The van der Waals surface area contributed by atoms with Crippen molar-refractivity contribution in [2.75, 3.05) is 34.4 Å². The second kappa shape index (κ2) is 13.1. The summed E-state index contributed by atoms with van der Waals surface area (Å²) in [4.78, 5) is 0. The molecule has 0 amide bonds. The van der Waals surface area contributed by atoms with Crippen LogP contribution in [-0.4, -0.2) is 43.2 Å². The molecular weight excluding hydrogens is 224 g/mol. The molecule has 0 saturated carbocycles. The molecule has 0 bridgehead atoms. The Balaban J connectivity index is 0. The van der Waals surface area contributed by atoms with E-state index in [1.165, 1.54) is 12.8 Å². The Bertz CT molecular complexity index is 121. The predicted molar refractivity (Wildman–Crippen MR) is 69.2 cm³/mol. The lowest BCUT2D eigenvalue weighted by Gasteiger charge is -2.18. The summed E-state index contributed by atoms with van der Waals surface area (Å²) in [6, 6.07) is 0. The normalized spacial score (nSPS) is 10.9. The molecule has 16 heavy (non-hydrogen) atoms. The van der Waals surface area contributed by atoms with Crippen LogP contribution in [-0.2, 0) is 13.3 Å². The van der Waals surface area contributed by atoms with Gasteiger partial charge in [0.2, 0.25) is 0 Å². The van der Waals surface area contributed by atoms with Crippen LogP contribution in [0.3, 0.4) is 0 Å². The molecule has 0 aliphatic carbocycles. The predicted octanol–water partition coefficient (Wildman–Crippen LogP) is 0.959. The van der Waals surface area contributed by atoms with E-state index < -0.39 is 8.80 Å². The van der Waals surface area contributed by atoms with E-state index in [9.17, 15) is 0 Å². The van der Waals surface area contributed by atoms with Gasteiger partial charge in [-0.15, -0.1) is 0 Å². The lowest BCUT2D eigenvalue weighted by atomic mass is 10.2. The summed E-state index contributed by atoms with van der Waals surface area (Å²) in [6.07, 6.45) is 4.79. The first-order chi connectivity index (χ1) is 7.60. The Morgan fingerprint density at radius 3 is 1.19 bits per heavy atom. The van der Waals surface area contributed by atoms with Gasteiger partial charge in [-0.25, -0.2) is 0 Å². The fourth-order valence-corrected chi connectivity index (χ4v) is 1.39. The second-order valence-corrected chi connectivity index (χ2v) is 6.42. The van der Waals surface area contributed by atoms with Crippen molar-refractivity contribution in [1.29, 1.82) is 0 Å². The highest BCUT2D eigenvalue weighted by molar-refractivity contribution is 6.58. The lowest BCUT2D eigenvalue weighted by Crippen LogP contribution is -2.38. The zero-order valence-electron chi connectivity index (χ0n) is 11.1. The van der Waals surface area contributed by atoms with E-state index in [-0.39, 0.29) is 0 Å². The summed E-state index contributed by atoms with van der Waals surface area (Å²) < 4.78 is 14.8. The van der Waals surface area contributed by atoms with Gasteiger partial charge in [-0.1, -0.05) is 12.8 Å². The molecule has 0 aliphatic heterocycles. The fourth-order valence-electron chi connectivity index (χ4n) is 0.892. The molecular formula is C10H28N2O3Si. The molecule has 0 fully saturated rings. The second-order valence-electron chi connectivity index (χ2n) is 3.47. The molecule has 6 heteroatoms. The molecule has 0 aromatic carbocycles. The SMILES string of the molecule is CO[Si](C)(OC)OC.NCCCCCCN. The Morgan fingerprint density at radius 1 is 0.750 bits per heavy atom. The number of rotatable bonds is 8. The first-order valence-electron chi connectivity index (χ1n) is 5.65. The molecule has 0 unspecified atom stereocenters. The summed E-state index contributed by atoms with van der Waals surface area (Å²) in [7, 11) is 2.58. The van der Waals surface area contributed by atoms with Crippen LogP contribution in [0.2, 0.25) is 6.55 Å². The average Bonchev–Trinajstić information content (AvgIpc) is 2.34. The third-order valence-electron chi connectivity index (χ3n) is 2.27. The van der Waals surface area contributed by atoms with E-state index in [1.54, 1.807) is 21.3 Å². The van der Waals surface area contributed by atoms with Crippen LogP contribution in [0, 0.1) is 0 Å². The molecule has 5 nitrogen and oxygen atoms in total. The van der Waals surface area contributed by atoms with Gasteiger partial charge < -0.3 is 24.7 Å². The van der Waals surface area contributed by atoms with Crippen molar-refractivity contribution < 1.29 is 13.3 Å². The van der Waals surface area contributed by atoms with E-state index in [0.717, 1.165) is 25.9 Å². The highest BCUT2D eigenvalue weighted by Crippen LogP contribution is 2.02. The molecule has 0 atom stereocenters. The van der Waals surface area contributed by atoms with Crippen LogP contribution in [0.15, 0.2) is 0 Å². The van der Waals surface area contributed by atoms with Crippen LogP contribution < -0.4 is 11.5 Å². The van der Waals surface area contributed by atoms with Gasteiger partial charge in [-0.2, -0.15) is 0 Å². The number of hydrogen-bond donors (Lipinski definition) is 2. The summed E-state index contributed by atoms with van der Waals surface area (Å²) >= 11 is 0. The van der Waals surface area contributed by atoms with Gasteiger partial charge in [0.25, 0.3) is 0 Å². The third-order valence-corrected chi connectivity index (χ3v) is 4.50. The Hall–Kier alpha value is 0.0169.